The van der Waals surface area contributed by atoms with Gasteiger partial charge in [-0.1, -0.05) is 50.1 Å². The van der Waals surface area contributed by atoms with E-state index in [2.05, 4.69) is 18.3 Å². The molecule has 1 heterocycles. The Morgan fingerprint density at radius 1 is 1.04 bits per heavy atom. The standard InChI is InChI=1S/C22H26N2O2/c1-4-5-8-15-23-21-20(16-11-13-17(26-3)14-12-16)18-9-6-7-10-19(18)24(2)22(21)25/h6-7,9-14,23H,4-5,8,15H2,1-3H3. The number of aryl methyl sites for hydroxylation is 1. The molecule has 2 aromatic carbocycles. The van der Waals surface area contributed by atoms with Gasteiger partial charge in [-0.2, -0.15) is 0 Å². The van der Waals surface area contributed by atoms with Gasteiger partial charge in [0.15, 0.2) is 0 Å². The maximum absolute atomic E-state index is 13.0. The van der Waals surface area contributed by atoms with E-state index < -0.39 is 0 Å². The molecule has 3 aromatic rings. The first kappa shape index (κ1) is 18.1. The number of para-hydroxylation sites is 1. The molecule has 1 aromatic heterocycles. The van der Waals surface area contributed by atoms with Gasteiger partial charge in [0.2, 0.25) is 0 Å². The molecule has 0 bridgehead atoms. The molecule has 4 nitrogen and oxygen atoms in total. The van der Waals surface area contributed by atoms with Gasteiger partial charge in [-0.25, -0.2) is 0 Å². The van der Waals surface area contributed by atoms with Crippen LogP contribution in [-0.2, 0) is 7.05 Å². The summed E-state index contributed by atoms with van der Waals surface area (Å²) in [7, 11) is 3.49. The number of benzene rings is 2. The van der Waals surface area contributed by atoms with Crippen LogP contribution in [0.3, 0.4) is 0 Å². The summed E-state index contributed by atoms with van der Waals surface area (Å²) in [4.78, 5) is 13.0. The van der Waals surface area contributed by atoms with Gasteiger partial charge in [-0.15, -0.1) is 0 Å². The third-order valence-electron chi connectivity index (χ3n) is 4.76. The van der Waals surface area contributed by atoms with Crippen LogP contribution in [0.25, 0.3) is 22.0 Å². The van der Waals surface area contributed by atoms with Gasteiger partial charge in [0.25, 0.3) is 5.56 Å². The van der Waals surface area contributed by atoms with Gasteiger partial charge >= 0.3 is 0 Å². The largest absolute Gasteiger partial charge is 0.497 e. The van der Waals surface area contributed by atoms with Gasteiger partial charge in [0.05, 0.1) is 12.6 Å². The minimum Gasteiger partial charge on any atom is -0.497 e. The van der Waals surface area contributed by atoms with Crippen molar-refractivity contribution in [2.45, 2.75) is 26.2 Å². The van der Waals surface area contributed by atoms with Crippen molar-refractivity contribution in [3.63, 3.8) is 0 Å². The van der Waals surface area contributed by atoms with Gasteiger partial charge in [-0.05, 0) is 30.2 Å². The smallest absolute Gasteiger partial charge is 0.274 e. The lowest BCUT2D eigenvalue weighted by Gasteiger charge is -2.17. The Morgan fingerprint density at radius 2 is 1.77 bits per heavy atom. The maximum Gasteiger partial charge on any atom is 0.274 e. The van der Waals surface area contributed by atoms with Crippen LogP contribution < -0.4 is 15.6 Å². The first-order valence-electron chi connectivity index (χ1n) is 9.17. The Morgan fingerprint density at radius 3 is 2.46 bits per heavy atom. The minimum atomic E-state index is 0.00557. The molecule has 0 fully saturated rings. The number of hydrogen-bond donors (Lipinski definition) is 1. The monoisotopic (exact) mass is 350 g/mol. The molecule has 0 saturated heterocycles. The Hall–Kier alpha value is -2.75. The number of pyridine rings is 1. The third-order valence-corrected chi connectivity index (χ3v) is 4.76. The highest BCUT2D eigenvalue weighted by Crippen LogP contribution is 2.34. The molecule has 0 saturated carbocycles. The zero-order chi connectivity index (χ0) is 18.5. The zero-order valence-electron chi connectivity index (χ0n) is 15.7. The fraction of sp³-hybridized carbons (Fsp3) is 0.318. The molecule has 1 N–H and O–H groups in total. The second-order valence-corrected chi connectivity index (χ2v) is 6.49. The van der Waals surface area contributed by atoms with E-state index in [-0.39, 0.29) is 5.56 Å². The summed E-state index contributed by atoms with van der Waals surface area (Å²) in [6.45, 7) is 2.97. The second kappa shape index (κ2) is 8.09. The van der Waals surface area contributed by atoms with Crippen LogP contribution in [0.2, 0.25) is 0 Å². The van der Waals surface area contributed by atoms with Crippen LogP contribution in [0, 0.1) is 0 Å². The van der Waals surface area contributed by atoms with Gasteiger partial charge in [0, 0.05) is 24.5 Å². The summed E-state index contributed by atoms with van der Waals surface area (Å²) in [6, 6.07) is 15.9. The van der Waals surface area contributed by atoms with Crippen molar-refractivity contribution >= 4 is 16.6 Å². The highest BCUT2D eigenvalue weighted by molar-refractivity contribution is 6.01. The zero-order valence-corrected chi connectivity index (χ0v) is 15.7. The molecule has 3 rings (SSSR count). The average molecular weight is 350 g/mol. The Bertz CT molecular complexity index is 943. The highest BCUT2D eigenvalue weighted by atomic mass is 16.5. The summed E-state index contributed by atoms with van der Waals surface area (Å²) < 4.78 is 7.00. The molecule has 0 aliphatic carbocycles. The van der Waals surface area contributed by atoms with Crippen molar-refractivity contribution in [3.05, 3.63) is 58.9 Å². The third kappa shape index (κ3) is 3.45. The van der Waals surface area contributed by atoms with Gasteiger partial charge in [0.1, 0.15) is 11.4 Å². The lowest BCUT2D eigenvalue weighted by Crippen LogP contribution is -2.23. The molecular formula is C22H26N2O2. The summed E-state index contributed by atoms with van der Waals surface area (Å²) in [5, 5.41) is 4.48. The van der Waals surface area contributed by atoms with E-state index in [1.165, 1.54) is 0 Å². The van der Waals surface area contributed by atoms with Crippen LogP contribution >= 0.6 is 0 Å². The quantitative estimate of drug-likeness (QED) is 0.622. The number of nitrogens with one attached hydrogen (secondary N) is 1. The number of aromatic nitrogens is 1. The van der Waals surface area contributed by atoms with Gasteiger partial charge < -0.3 is 14.6 Å². The van der Waals surface area contributed by atoms with E-state index in [1.54, 1.807) is 11.7 Å². The number of anilines is 1. The molecule has 0 spiro atoms. The van der Waals surface area contributed by atoms with Crippen LogP contribution in [0.5, 0.6) is 5.75 Å². The van der Waals surface area contributed by atoms with Crippen LogP contribution in [-0.4, -0.2) is 18.2 Å². The summed E-state index contributed by atoms with van der Waals surface area (Å²) >= 11 is 0. The first-order chi connectivity index (χ1) is 12.7. The topological polar surface area (TPSA) is 43.3 Å². The molecule has 0 aliphatic heterocycles. The van der Waals surface area contributed by atoms with E-state index >= 15 is 0 Å². The fourth-order valence-corrected chi connectivity index (χ4v) is 3.31. The molecule has 0 unspecified atom stereocenters. The van der Waals surface area contributed by atoms with E-state index in [9.17, 15) is 4.79 Å². The molecule has 136 valence electrons. The van der Waals surface area contributed by atoms with E-state index in [0.717, 1.165) is 53.6 Å². The van der Waals surface area contributed by atoms with Crippen molar-refractivity contribution in [2.24, 2.45) is 7.05 Å². The van der Waals surface area contributed by atoms with Crippen molar-refractivity contribution < 1.29 is 4.74 Å². The summed E-state index contributed by atoms with van der Waals surface area (Å²) in [5.74, 6) is 0.805. The number of fused-ring (bicyclic) bond motifs is 1. The van der Waals surface area contributed by atoms with Crippen molar-refractivity contribution in [1.29, 1.82) is 0 Å². The van der Waals surface area contributed by atoms with E-state index in [4.69, 9.17) is 4.74 Å². The van der Waals surface area contributed by atoms with E-state index in [1.807, 2.05) is 49.5 Å². The molecule has 0 aliphatic rings. The highest BCUT2D eigenvalue weighted by Gasteiger charge is 2.16. The van der Waals surface area contributed by atoms with Crippen LogP contribution in [0.15, 0.2) is 53.3 Å². The van der Waals surface area contributed by atoms with E-state index in [0.29, 0.717) is 5.69 Å². The number of hydrogen-bond acceptors (Lipinski definition) is 3. The van der Waals surface area contributed by atoms with Crippen LogP contribution in [0.1, 0.15) is 26.2 Å². The minimum absolute atomic E-state index is 0.00557. The van der Waals surface area contributed by atoms with Crippen molar-refractivity contribution in [3.8, 4) is 16.9 Å². The Labute approximate surface area is 154 Å². The first-order valence-corrected chi connectivity index (χ1v) is 9.17. The normalized spacial score (nSPS) is 10.9. The fourth-order valence-electron chi connectivity index (χ4n) is 3.31. The number of rotatable bonds is 7. The lowest BCUT2D eigenvalue weighted by molar-refractivity contribution is 0.415. The Balaban J connectivity index is 2.18. The molecule has 26 heavy (non-hydrogen) atoms. The van der Waals surface area contributed by atoms with Crippen molar-refractivity contribution in [1.82, 2.24) is 4.57 Å². The molecule has 0 amide bonds. The van der Waals surface area contributed by atoms with Crippen molar-refractivity contribution in [2.75, 3.05) is 19.0 Å². The summed E-state index contributed by atoms with van der Waals surface area (Å²) in [6.07, 6.45) is 3.36. The number of ether oxygens (including phenoxy) is 1. The predicted molar refractivity (Wildman–Crippen MR) is 109 cm³/mol. The summed E-state index contributed by atoms with van der Waals surface area (Å²) in [5.41, 5.74) is 3.58. The predicted octanol–water partition coefficient (Wildman–Crippen LogP) is 4.82. The van der Waals surface area contributed by atoms with Gasteiger partial charge in [-0.3, -0.25) is 4.79 Å². The second-order valence-electron chi connectivity index (χ2n) is 6.49. The Kier molecular flexibility index (Phi) is 5.61. The van der Waals surface area contributed by atoms with Crippen LogP contribution in [0.4, 0.5) is 5.69 Å². The molecule has 0 radical (unpaired) electrons. The number of unbranched alkanes of at least 4 members (excludes halogenated alkanes) is 2. The molecule has 4 heteroatoms. The lowest BCUT2D eigenvalue weighted by atomic mass is 9.98. The SMILES string of the molecule is CCCCCNc1c(-c2ccc(OC)cc2)c2ccccc2n(C)c1=O. The number of nitrogens with zero attached hydrogens (tertiary/aromatic N) is 1. The molecular weight excluding hydrogens is 324 g/mol. The maximum atomic E-state index is 13.0. The average Bonchev–Trinajstić information content (AvgIpc) is 2.69. The molecule has 0 atom stereocenters. The number of methoxy groups -OCH3 is 1.